The van der Waals surface area contributed by atoms with E-state index in [1.807, 2.05) is 31.2 Å². The molecule has 3 rings (SSSR count). The maximum atomic E-state index is 12.0. The van der Waals surface area contributed by atoms with Crippen LogP contribution >= 0.6 is 31.9 Å². The second kappa shape index (κ2) is 4.65. The van der Waals surface area contributed by atoms with Crippen LogP contribution in [0.3, 0.4) is 0 Å². The highest BCUT2D eigenvalue weighted by atomic mass is 79.9. The normalized spacial score (nSPS) is 15.7. The number of rotatable bonds is 1. The molecule has 96 valence electrons. The molecule has 1 aromatic heterocycles. The Balaban J connectivity index is 2.15. The first-order valence-corrected chi connectivity index (χ1v) is 7.22. The van der Waals surface area contributed by atoms with Crippen molar-refractivity contribution in [2.24, 2.45) is 0 Å². The summed E-state index contributed by atoms with van der Waals surface area (Å²) in [7, 11) is 0. The average molecular weight is 383 g/mol. The number of hydrogen-bond acceptors (Lipinski definition) is 2. The van der Waals surface area contributed by atoms with Crippen LogP contribution in [0.5, 0.6) is 0 Å². The molecule has 3 nitrogen and oxygen atoms in total. The van der Waals surface area contributed by atoms with E-state index in [9.17, 15) is 4.79 Å². The quantitative estimate of drug-likeness (QED) is 0.732. The van der Waals surface area contributed by atoms with Crippen LogP contribution in [0.4, 0.5) is 5.69 Å². The predicted octanol–water partition coefficient (Wildman–Crippen LogP) is 4.61. The highest BCUT2D eigenvalue weighted by Crippen LogP contribution is 2.40. The molecule has 0 saturated heterocycles. The van der Waals surface area contributed by atoms with Gasteiger partial charge in [-0.2, -0.15) is 0 Å². The van der Waals surface area contributed by atoms with Crippen LogP contribution in [0.2, 0.25) is 0 Å². The number of halogens is 2. The van der Waals surface area contributed by atoms with Crippen LogP contribution in [0.1, 0.15) is 17.1 Å². The number of carbonyl (C=O) groups is 1. The Morgan fingerprint density at radius 2 is 2.05 bits per heavy atom. The first kappa shape index (κ1) is 12.7. The number of carbonyl (C=O) groups excluding carboxylic acids is 1. The third kappa shape index (κ3) is 2.28. The van der Waals surface area contributed by atoms with Crippen molar-refractivity contribution in [2.45, 2.75) is 6.92 Å². The Hall–Kier alpha value is -1.33. The zero-order valence-corrected chi connectivity index (χ0v) is 13.1. The van der Waals surface area contributed by atoms with Gasteiger partial charge in [-0.3, -0.25) is 4.79 Å². The molecule has 1 amide bonds. The lowest BCUT2D eigenvalue weighted by atomic mass is 10.1. The number of nitrogens with one attached hydrogen (secondary N) is 1. The molecular formula is C14H9Br2NO2. The van der Waals surface area contributed by atoms with E-state index in [0.717, 1.165) is 26.0 Å². The molecular weight excluding hydrogens is 374 g/mol. The lowest BCUT2D eigenvalue weighted by Gasteiger charge is -2.02. The van der Waals surface area contributed by atoms with E-state index in [2.05, 4.69) is 37.2 Å². The van der Waals surface area contributed by atoms with Crippen molar-refractivity contribution in [3.63, 3.8) is 0 Å². The summed E-state index contributed by atoms with van der Waals surface area (Å²) in [6, 6.07) is 7.54. The lowest BCUT2D eigenvalue weighted by molar-refractivity contribution is -0.110. The van der Waals surface area contributed by atoms with Gasteiger partial charge in [0.1, 0.15) is 11.5 Å². The summed E-state index contributed by atoms with van der Waals surface area (Å²) in [5, 5.41) is 2.85. The van der Waals surface area contributed by atoms with Gasteiger partial charge in [-0.05, 0) is 53.2 Å². The Bertz CT molecular complexity index is 716. The van der Waals surface area contributed by atoms with Crippen molar-refractivity contribution in [1.82, 2.24) is 0 Å². The Labute approximate surface area is 126 Å². The van der Waals surface area contributed by atoms with Gasteiger partial charge in [0, 0.05) is 14.5 Å². The number of furan rings is 1. The van der Waals surface area contributed by atoms with E-state index in [1.165, 1.54) is 0 Å². The van der Waals surface area contributed by atoms with Gasteiger partial charge in [0.15, 0.2) is 0 Å². The summed E-state index contributed by atoms with van der Waals surface area (Å²) in [5.74, 6) is 1.37. The van der Waals surface area contributed by atoms with E-state index in [-0.39, 0.29) is 5.91 Å². The maximum Gasteiger partial charge on any atom is 0.256 e. The van der Waals surface area contributed by atoms with Crippen LogP contribution in [0.25, 0.3) is 11.6 Å². The molecule has 0 aliphatic carbocycles. The minimum atomic E-state index is -0.122. The molecule has 1 aromatic carbocycles. The molecule has 0 fully saturated rings. The molecule has 0 bridgehead atoms. The van der Waals surface area contributed by atoms with Gasteiger partial charge < -0.3 is 9.73 Å². The van der Waals surface area contributed by atoms with Crippen LogP contribution in [0, 0.1) is 6.92 Å². The van der Waals surface area contributed by atoms with Crippen molar-refractivity contribution in [1.29, 1.82) is 0 Å². The molecule has 0 saturated carbocycles. The van der Waals surface area contributed by atoms with Gasteiger partial charge in [0.25, 0.3) is 5.91 Å². The van der Waals surface area contributed by atoms with Gasteiger partial charge in [0.05, 0.1) is 11.3 Å². The summed E-state index contributed by atoms with van der Waals surface area (Å²) >= 11 is 6.88. The molecule has 1 aliphatic heterocycles. The zero-order chi connectivity index (χ0) is 13.6. The van der Waals surface area contributed by atoms with Crippen LogP contribution in [-0.2, 0) is 4.79 Å². The predicted molar refractivity (Wildman–Crippen MR) is 81.8 cm³/mol. The average Bonchev–Trinajstić information content (AvgIpc) is 2.87. The maximum absolute atomic E-state index is 12.0. The number of anilines is 1. The highest BCUT2D eigenvalue weighted by Gasteiger charge is 2.26. The van der Waals surface area contributed by atoms with Gasteiger partial charge >= 0.3 is 0 Å². The van der Waals surface area contributed by atoms with Gasteiger partial charge in [0.2, 0.25) is 0 Å². The van der Waals surface area contributed by atoms with Crippen LogP contribution in [-0.4, -0.2) is 5.91 Å². The topological polar surface area (TPSA) is 42.2 Å². The first-order chi connectivity index (χ1) is 9.04. The number of hydrogen-bond donors (Lipinski definition) is 1. The minimum absolute atomic E-state index is 0.122. The SMILES string of the molecule is Cc1ccc(C=C2C(=O)Nc3c(Br)cc(Br)cc32)o1. The highest BCUT2D eigenvalue weighted by molar-refractivity contribution is 9.11. The first-order valence-electron chi connectivity index (χ1n) is 5.63. The number of amides is 1. The van der Waals surface area contributed by atoms with E-state index >= 15 is 0 Å². The molecule has 0 radical (unpaired) electrons. The lowest BCUT2D eigenvalue weighted by Crippen LogP contribution is -2.03. The fourth-order valence-corrected chi connectivity index (χ4v) is 3.36. The van der Waals surface area contributed by atoms with E-state index in [1.54, 1.807) is 6.08 Å². The molecule has 2 aromatic rings. The summed E-state index contributed by atoms with van der Waals surface area (Å²) in [5.41, 5.74) is 2.26. The second-order valence-electron chi connectivity index (χ2n) is 4.27. The summed E-state index contributed by atoms with van der Waals surface area (Å²) in [6.45, 7) is 1.87. The molecule has 0 atom stereocenters. The van der Waals surface area contributed by atoms with E-state index < -0.39 is 0 Å². The molecule has 0 unspecified atom stereocenters. The van der Waals surface area contributed by atoms with E-state index in [4.69, 9.17) is 4.42 Å². The van der Waals surface area contributed by atoms with Crippen molar-refractivity contribution < 1.29 is 9.21 Å². The molecule has 19 heavy (non-hydrogen) atoms. The zero-order valence-electron chi connectivity index (χ0n) is 9.96. The molecule has 0 spiro atoms. The van der Waals surface area contributed by atoms with Gasteiger partial charge in [-0.25, -0.2) is 0 Å². The number of fused-ring (bicyclic) bond motifs is 1. The second-order valence-corrected chi connectivity index (χ2v) is 6.04. The fraction of sp³-hybridized carbons (Fsp3) is 0.0714. The van der Waals surface area contributed by atoms with E-state index in [0.29, 0.717) is 11.3 Å². The molecule has 1 N–H and O–H groups in total. The fourth-order valence-electron chi connectivity index (χ4n) is 2.03. The smallest absolute Gasteiger partial charge is 0.256 e. The summed E-state index contributed by atoms with van der Waals surface area (Å²) in [6.07, 6.45) is 1.76. The Kier molecular flexibility index (Phi) is 3.11. The molecule has 2 heterocycles. The van der Waals surface area contributed by atoms with Gasteiger partial charge in [-0.1, -0.05) is 15.9 Å². The van der Waals surface area contributed by atoms with Crippen LogP contribution < -0.4 is 5.32 Å². The third-order valence-electron chi connectivity index (χ3n) is 2.88. The van der Waals surface area contributed by atoms with Gasteiger partial charge in [-0.15, -0.1) is 0 Å². The molecule has 1 aliphatic rings. The summed E-state index contributed by atoms with van der Waals surface area (Å²) < 4.78 is 7.25. The number of benzene rings is 1. The van der Waals surface area contributed by atoms with Crippen LogP contribution in [0.15, 0.2) is 37.6 Å². The molecule has 5 heteroatoms. The van der Waals surface area contributed by atoms with Crippen molar-refractivity contribution in [3.05, 3.63) is 50.3 Å². The standard InChI is InChI=1S/C14H9Br2NO2/c1-7-2-3-9(19-7)6-11-10-4-8(15)5-12(16)13(10)17-14(11)18/h2-6H,1H3,(H,17,18). The number of aryl methyl sites for hydroxylation is 1. The van der Waals surface area contributed by atoms with Crippen molar-refractivity contribution >= 4 is 55.1 Å². The minimum Gasteiger partial charge on any atom is -0.462 e. The third-order valence-corrected chi connectivity index (χ3v) is 3.96. The monoisotopic (exact) mass is 381 g/mol. The van der Waals surface area contributed by atoms with Crippen molar-refractivity contribution in [2.75, 3.05) is 5.32 Å². The summed E-state index contributed by atoms with van der Waals surface area (Å²) in [4.78, 5) is 12.0. The largest absolute Gasteiger partial charge is 0.462 e. The Morgan fingerprint density at radius 1 is 1.26 bits per heavy atom. The Morgan fingerprint density at radius 3 is 2.74 bits per heavy atom. The van der Waals surface area contributed by atoms with Crippen molar-refractivity contribution in [3.8, 4) is 0 Å².